The first-order valence-electron chi connectivity index (χ1n) is 6.17. The number of aryl methyl sites for hydroxylation is 1. The van der Waals surface area contributed by atoms with Gasteiger partial charge in [-0.15, -0.1) is 0 Å². The average molecular weight is 264 g/mol. The van der Waals surface area contributed by atoms with Crippen molar-refractivity contribution in [3.05, 3.63) is 58.5 Å². The summed E-state index contributed by atoms with van der Waals surface area (Å²) in [6.07, 6.45) is 1.01. The van der Waals surface area contributed by atoms with Gasteiger partial charge in [0.05, 0.1) is 6.54 Å². The van der Waals surface area contributed by atoms with E-state index in [0.717, 1.165) is 12.2 Å². The fourth-order valence-electron chi connectivity index (χ4n) is 1.96. The molecular formula is C15H18ClNO. The molecule has 0 fully saturated rings. The first-order valence-corrected chi connectivity index (χ1v) is 6.55. The summed E-state index contributed by atoms with van der Waals surface area (Å²) in [7, 11) is 0. The Hall–Kier alpha value is -1.25. The third-order valence-corrected chi connectivity index (χ3v) is 3.24. The van der Waals surface area contributed by atoms with Gasteiger partial charge in [-0.2, -0.15) is 0 Å². The summed E-state index contributed by atoms with van der Waals surface area (Å²) in [4.78, 5) is 0. The van der Waals surface area contributed by atoms with E-state index in [1.165, 1.54) is 11.1 Å². The predicted molar refractivity (Wildman–Crippen MR) is 74.9 cm³/mol. The van der Waals surface area contributed by atoms with Gasteiger partial charge in [0.2, 0.25) is 0 Å². The molecule has 0 aliphatic rings. The van der Waals surface area contributed by atoms with E-state index in [1.54, 1.807) is 6.07 Å². The summed E-state index contributed by atoms with van der Waals surface area (Å²) < 4.78 is 5.31. The van der Waals surface area contributed by atoms with Gasteiger partial charge in [0, 0.05) is 6.04 Å². The highest BCUT2D eigenvalue weighted by molar-refractivity contribution is 6.28. The Labute approximate surface area is 113 Å². The second-order valence-corrected chi connectivity index (χ2v) is 4.99. The van der Waals surface area contributed by atoms with Crippen LogP contribution in [0.4, 0.5) is 0 Å². The van der Waals surface area contributed by atoms with Crippen molar-refractivity contribution in [1.29, 1.82) is 0 Å². The zero-order valence-corrected chi connectivity index (χ0v) is 11.5. The van der Waals surface area contributed by atoms with Gasteiger partial charge in [0.1, 0.15) is 5.76 Å². The topological polar surface area (TPSA) is 25.2 Å². The monoisotopic (exact) mass is 263 g/mol. The van der Waals surface area contributed by atoms with Gasteiger partial charge in [-0.1, -0.05) is 24.3 Å². The summed E-state index contributed by atoms with van der Waals surface area (Å²) in [6.45, 7) is 5.03. The van der Waals surface area contributed by atoms with Gasteiger partial charge in [-0.05, 0) is 55.1 Å². The van der Waals surface area contributed by atoms with Crippen LogP contribution in [0.15, 0.2) is 40.8 Å². The summed E-state index contributed by atoms with van der Waals surface area (Å²) in [5.41, 5.74) is 2.72. The van der Waals surface area contributed by atoms with Crippen LogP contribution in [0.5, 0.6) is 0 Å². The molecule has 0 amide bonds. The van der Waals surface area contributed by atoms with Crippen molar-refractivity contribution in [2.75, 3.05) is 0 Å². The summed E-state index contributed by atoms with van der Waals surface area (Å²) >= 11 is 5.73. The molecule has 0 aliphatic carbocycles. The van der Waals surface area contributed by atoms with Crippen LogP contribution in [0.2, 0.25) is 5.22 Å². The Bertz CT molecular complexity index is 507. The van der Waals surface area contributed by atoms with Crippen LogP contribution >= 0.6 is 11.6 Å². The Kier molecular flexibility index (Phi) is 4.45. The molecule has 1 N–H and O–H groups in total. The summed E-state index contributed by atoms with van der Waals surface area (Å²) in [6, 6.07) is 12.5. The lowest BCUT2D eigenvalue weighted by molar-refractivity contribution is 0.454. The molecule has 1 atom stereocenters. The fourth-order valence-corrected chi connectivity index (χ4v) is 2.12. The van der Waals surface area contributed by atoms with Gasteiger partial charge in [-0.3, -0.25) is 0 Å². The lowest BCUT2D eigenvalue weighted by Gasteiger charge is -2.14. The highest BCUT2D eigenvalue weighted by Gasteiger charge is 2.06. The first-order chi connectivity index (χ1) is 8.65. The zero-order valence-electron chi connectivity index (χ0n) is 10.7. The van der Waals surface area contributed by atoms with E-state index in [0.29, 0.717) is 17.8 Å². The van der Waals surface area contributed by atoms with Crippen molar-refractivity contribution in [2.45, 2.75) is 32.9 Å². The maximum atomic E-state index is 5.73. The van der Waals surface area contributed by atoms with E-state index in [-0.39, 0.29) is 0 Å². The molecule has 0 saturated heterocycles. The van der Waals surface area contributed by atoms with E-state index >= 15 is 0 Å². The standard InChI is InChI=1S/C15H18ClNO/c1-11-5-3-4-6-13(11)9-12(2)17-10-14-7-8-15(16)18-14/h3-8,12,17H,9-10H2,1-2H3. The molecule has 0 bridgehead atoms. The molecule has 0 saturated carbocycles. The second-order valence-electron chi connectivity index (χ2n) is 4.62. The molecule has 0 spiro atoms. The molecule has 18 heavy (non-hydrogen) atoms. The Balaban J connectivity index is 1.85. The molecular weight excluding hydrogens is 246 g/mol. The van der Waals surface area contributed by atoms with Gasteiger partial charge in [0.25, 0.3) is 0 Å². The normalized spacial score (nSPS) is 12.6. The van der Waals surface area contributed by atoms with Crippen molar-refractivity contribution >= 4 is 11.6 Å². The smallest absolute Gasteiger partial charge is 0.193 e. The van der Waals surface area contributed by atoms with Crippen LogP contribution in [0.1, 0.15) is 23.8 Å². The SMILES string of the molecule is Cc1ccccc1CC(C)NCc1ccc(Cl)o1. The van der Waals surface area contributed by atoms with Gasteiger partial charge < -0.3 is 9.73 Å². The molecule has 96 valence electrons. The Morgan fingerprint density at radius 3 is 2.67 bits per heavy atom. The minimum Gasteiger partial charge on any atom is -0.448 e. The lowest BCUT2D eigenvalue weighted by Crippen LogP contribution is -2.27. The van der Waals surface area contributed by atoms with Crippen molar-refractivity contribution in [1.82, 2.24) is 5.32 Å². The second kappa shape index (κ2) is 6.07. The lowest BCUT2D eigenvalue weighted by atomic mass is 10.0. The van der Waals surface area contributed by atoms with Crippen LogP contribution in [-0.2, 0) is 13.0 Å². The number of benzene rings is 1. The van der Waals surface area contributed by atoms with Crippen molar-refractivity contribution in [2.24, 2.45) is 0 Å². The quantitative estimate of drug-likeness (QED) is 0.883. The maximum absolute atomic E-state index is 5.73. The maximum Gasteiger partial charge on any atom is 0.193 e. The zero-order chi connectivity index (χ0) is 13.0. The Morgan fingerprint density at radius 1 is 1.22 bits per heavy atom. The predicted octanol–water partition coefficient (Wildman–Crippen LogP) is 3.96. The van der Waals surface area contributed by atoms with Crippen LogP contribution in [0.25, 0.3) is 0 Å². The largest absolute Gasteiger partial charge is 0.448 e. The van der Waals surface area contributed by atoms with Gasteiger partial charge >= 0.3 is 0 Å². The van der Waals surface area contributed by atoms with Gasteiger partial charge in [0.15, 0.2) is 5.22 Å². The third-order valence-electron chi connectivity index (χ3n) is 3.04. The molecule has 1 aromatic heterocycles. The highest BCUT2D eigenvalue weighted by atomic mass is 35.5. The van der Waals surface area contributed by atoms with Crippen molar-refractivity contribution < 1.29 is 4.42 Å². The van der Waals surface area contributed by atoms with Crippen LogP contribution in [0.3, 0.4) is 0 Å². The summed E-state index contributed by atoms with van der Waals surface area (Å²) in [5, 5.41) is 3.88. The Morgan fingerprint density at radius 2 is 2.00 bits per heavy atom. The molecule has 0 radical (unpaired) electrons. The van der Waals surface area contributed by atoms with Crippen LogP contribution in [0, 0.1) is 6.92 Å². The first kappa shape index (κ1) is 13.2. The highest BCUT2D eigenvalue weighted by Crippen LogP contribution is 2.14. The third kappa shape index (κ3) is 3.62. The number of halogens is 1. The minimum absolute atomic E-state index is 0.398. The van der Waals surface area contributed by atoms with E-state index < -0.39 is 0 Å². The van der Waals surface area contributed by atoms with Gasteiger partial charge in [-0.25, -0.2) is 0 Å². The molecule has 3 heteroatoms. The number of hydrogen-bond acceptors (Lipinski definition) is 2. The number of furan rings is 1. The fraction of sp³-hybridized carbons (Fsp3) is 0.333. The molecule has 2 rings (SSSR count). The molecule has 1 aromatic carbocycles. The van der Waals surface area contributed by atoms with E-state index in [9.17, 15) is 0 Å². The average Bonchev–Trinajstić information content (AvgIpc) is 2.76. The van der Waals surface area contributed by atoms with E-state index in [1.807, 2.05) is 6.07 Å². The van der Waals surface area contributed by atoms with Crippen LogP contribution < -0.4 is 5.32 Å². The number of hydrogen-bond donors (Lipinski definition) is 1. The van der Waals surface area contributed by atoms with E-state index in [2.05, 4.69) is 43.4 Å². The number of nitrogens with one attached hydrogen (secondary N) is 1. The minimum atomic E-state index is 0.398. The van der Waals surface area contributed by atoms with Crippen molar-refractivity contribution in [3.63, 3.8) is 0 Å². The number of rotatable bonds is 5. The molecule has 0 aliphatic heterocycles. The van der Waals surface area contributed by atoms with Crippen LogP contribution in [-0.4, -0.2) is 6.04 Å². The van der Waals surface area contributed by atoms with E-state index in [4.69, 9.17) is 16.0 Å². The van der Waals surface area contributed by atoms with Crippen molar-refractivity contribution in [3.8, 4) is 0 Å². The molecule has 1 unspecified atom stereocenters. The summed E-state index contributed by atoms with van der Waals surface area (Å²) in [5.74, 6) is 0.872. The molecule has 2 aromatic rings. The molecule has 1 heterocycles. The molecule has 2 nitrogen and oxygen atoms in total.